The van der Waals surface area contributed by atoms with E-state index < -0.39 is 5.92 Å². The van der Waals surface area contributed by atoms with Crippen LogP contribution in [-0.2, 0) is 22.7 Å². The Bertz CT molecular complexity index is 1150. The van der Waals surface area contributed by atoms with Gasteiger partial charge in [0.25, 0.3) is 0 Å². The third-order valence-corrected chi connectivity index (χ3v) is 6.53. The molecule has 3 aromatic carbocycles. The van der Waals surface area contributed by atoms with Crippen LogP contribution in [0.1, 0.15) is 47.7 Å². The molecule has 0 saturated heterocycles. The minimum atomic E-state index is -0.477. The lowest BCUT2D eigenvalue weighted by Crippen LogP contribution is -2.49. The maximum atomic E-state index is 13.3. The van der Waals surface area contributed by atoms with Crippen LogP contribution in [-0.4, -0.2) is 17.6 Å². The molecule has 2 N–H and O–H groups in total. The molecule has 1 heterocycles. The first-order valence-corrected chi connectivity index (χ1v) is 11.8. The maximum Gasteiger partial charge on any atom is 0.311 e. The van der Waals surface area contributed by atoms with E-state index in [9.17, 15) is 9.90 Å². The van der Waals surface area contributed by atoms with E-state index in [0.29, 0.717) is 0 Å². The molecule has 1 aliphatic rings. The zero-order valence-corrected chi connectivity index (χ0v) is 20.3. The number of aryl methyl sites for hydroxylation is 2. The number of aliphatic hydroxyl groups is 1. The second-order valence-electron chi connectivity index (χ2n) is 8.83. The first-order chi connectivity index (χ1) is 16.4. The number of para-hydroxylation sites is 1. The predicted molar refractivity (Wildman–Crippen MR) is 135 cm³/mol. The van der Waals surface area contributed by atoms with Gasteiger partial charge in [0.15, 0.2) is 0 Å². The highest BCUT2D eigenvalue weighted by Crippen LogP contribution is 2.43. The summed E-state index contributed by atoms with van der Waals surface area (Å²) >= 11 is 0. The Morgan fingerprint density at radius 3 is 2.50 bits per heavy atom. The first kappa shape index (κ1) is 23.8. The number of ether oxygens (including phenoxy) is 1. The molecule has 0 aromatic heterocycles. The van der Waals surface area contributed by atoms with Crippen molar-refractivity contribution in [1.29, 1.82) is 0 Å². The van der Waals surface area contributed by atoms with Crippen molar-refractivity contribution in [3.8, 4) is 0 Å². The lowest BCUT2D eigenvalue weighted by molar-refractivity contribution is -0.150. The number of rotatable bonds is 8. The quantitative estimate of drug-likeness (QED) is 0.463. The molecule has 178 valence electrons. The number of esters is 1. The second kappa shape index (κ2) is 10.3. The SMILES string of the molecule is CCN1NN([C@@H](c2ccc(C)c(CO)c2)[C@H](C)C(=O)OCc2ccccc2)c2c(C)cccc21. The number of benzene rings is 3. The van der Waals surface area contributed by atoms with E-state index in [1.807, 2.05) is 68.4 Å². The maximum absolute atomic E-state index is 13.3. The highest BCUT2D eigenvalue weighted by Gasteiger charge is 2.38. The van der Waals surface area contributed by atoms with Crippen molar-refractivity contribution < 1.29 is 14.6 Å². The number of hydrogen-bond acceptors (Lipinski definition) is 6. The lowest BCUT2D eigenvalue weighted by atomic mass is 9.91. The fourth-order valence-electron chi connectivity index (χ4n) is 4.55. The predicted octanol–water partition coefficient (Wildman–Crippen LogP) is 4.98. The number of carbonyl (C=O) groups excluding carboxylic acids is 1. The van der Waals surface area contributed by atoms with Crippen LogP contribution in [0.3, 0.4) is 0 Å². The van der Waals surface area contributed by atoms with Gasteiger partial charge in [-0.1, -0.05) is 60.7 Å². The summed E-state index contributed by atoms with van der Waals surface area (Å²) in [5.74, 6) is -0.749. The largest absolute Gasteiger partial charge is 0.461 e. The zero-order chi connectivity index (χ0) is 24.2. The highest BCUT2D eigenvalue weighted by atomic mass is 16.5. The summed E-state index contributed by atoms with van der Waals surface area (Å²) in [6, 6.07) is 21.6. The van der Waals surface area contributed by atoms with E-state index in [0.717, 1.165) is 45.7 Å². The lowest BCUT2D eigenvalue weighted by Gasteiger charge is -2.35. The van der Waals surface area contributed by atoms with Gasteiger partial charge in [0.2, 0.25) is 0 Å². The van der Waals surface area contributed by atoms with Gasteiger partial charge in [-0.05, 0) is 61.6 Å². The fourth-order valence-corrected chi connectivity index (χ4v) is 4.55. The smallest absolute Gasteiger partial charge is 0.311 e. The van der Waals surface area contributed by atoms with E-state index in [4.69, 9.17) is 4.74 Å². The molecule has 6 nitrogen and oxygen atoms in total. The van der Waals surface area contributed by atoms with Crippen molar-refractivity contribution >= 4 is 17.3 Å². The number of aliphatic hydroxyl groups excluding tert-OH is 1. The minimum Gasteiger partial charge on any atom is -0.461 e. The van der Waals surface area contributed by atoms with Crippen LogP contribution in [0.5, 0.6) is 0 Å². The molecule has 34 heavy (non-hydrogen) atoms. The number of carbonyl (C=O) groups is 1. The standard InChI is InChI=1S/C28H33N3O3/c1-5-30-25-13-9-10-20(3)26(25)31(29-30)27(23-15-14-19(2)24(16-23)17-32)21(4)28(33)34-18-22-11-7-6-8-12-22/h6-16,21,27,29,32H,5,17-18H2,1-4H3/t21-,27+/m0/s1. The van der Waals surface area contributed by atoms with Crippen LogP contribution in [0.25, 0.3) is 0 Å². The molecule has 0 radical (unpaired) electrons. The molecular weight excluding hydrogens is 426 g/mol. The van der Waals surface area contributed by atoms with Gasteiger partial charge in [0, 0.05) is 6.54 Å². The summed E-state index contributed by atoms with van der Waals surface area (Å²) < 4.78 is 5.75. The van der Waals surface area contributed by atoms with Gasteiger partial charge in [0.1, 0.15) is 6.61 Å². The molecule has 0 aliphatic carbocycles. The average Bonchev–Trinajstić information content (AvgIpc) is 3.23. The molecular formula is C28H33N3O3. The van der Waals surface area contributed by atoms with Crippen molar-refractivity contribution in [2.75, 3.05) is 16.6 Å². The van der Waals surface area contributed by atoms with Crippen LogP contribution in [0.4, 0.5) is 11.4 Å². The van der Waals surface area contributed by atoms with Crippen molar-refractivity contribution in [2.45, 2.75) is 47.0 Å². The summed E-state index contributed by atoms with van der Waals surface area (Å²) in [6.07, 6.45) is 0. The molecule has 4 rings (SSSR count). The number of nitrogens with one attached hydrogen (secondary N) is 1. The van der Waals surface area contributed by atoms with E-state index in [1.165, 1.54) is 0 Å². The van der Waals surface area contributed by atoms with Crippen LogP contribution in [0.15, 0.2) is 66.7 Å². The van der Waals surface area contributed by atoms with Crippen molar-refractivity contribution in [2.24, 2.45) is 5.92 Å². The molecule has 0 amide bonds. The third kappa shape index (κ3) is 4.65. The molecule has 2 atom stereocenters. The Labute approximate surface area is 201 Å². The Morgan fingerprint density at radius 2 is 1.79 bits per heavy atom. The van der Waals surface area contributed by atoms with E-state index in [2.05, 4.69) is 41.5 Å². The van der Waals surface area contributed by atoms with Gasteiger partial charge in [-0.25, -0.2) is 0 Å². The zero-order valence-electron chi connectivity index (χ0n) is 20.3. The third-order valence-electron chi connectivity index (χ3n) is 6.53. The molecule has 0 fully saturated rings. The van der Waals surface area contributed by atoms with Crippen LogP contribution < -0.4 is 15.6 Å². The van der Waals surface area contributed by atoms with Crippen molar-refractivity contribution in [1.82, 2.24) is 5.53 Å². The summed E-state index contributed by atoms with van der Waals surface area (Å²) in [5.41, 5.74) is 10.5. The fraction of sp³-hybridized carbons (Fsp3) is 0.321. The summed E-state index contributed by atoms with van der Waals surface area (Å²) in [7, 11) is 0. The molecule has 0 saturated carbocycles. The van der Waals surface area contributed by atoms with Crippen LogP contribution >= 0.6 is 0 Å². The molecule has 0 unspecified atom stereocenters. The monoisotopic (exact) mass is 459 g/mol. The topological polar surface area (TPSA) is 65.0 Å². The molecule has 3 aromatic rings. The van der Waals surface area contributed by atoms with Gasteiger partial charge in [-0.3, -0.25) is 14.8 Å². The van der Waals surface area contributed by atoms with Crippen molar-refractivity contribution in [3.05, 3.63) is 94.5 Å². The summed E-state index contributed by atoms with van der Waals surface area (Å²) in [6.45, 7) is 9.00. The normalized spacial score (nSPS) is 14.6. The Morgan fingerprint density at radius 1 is 1.03 bits per heavy atom. The van der Waals surface area contributed by atoms with E-state index in [-0.39, 0.29) is 25.2 Å². The Kier molecular flexibility index (Phi) is 7.20. The summed E-state index contributed by atoms with van der Waals surface area (Å²) in [5, 5.41) is 14.1. The second-order valence-corrected chi connectivity index (χ2v) is 8.83. The molecule has 0 spiro atoms. The van der Waals surface area contributed by atoms with Crippen molar-refractivity contribution in [3.63, 3.8) is 0 Å². The van der Waals surface area contributed by atoms with Gasteiger partial charge in [-0.15, -0.1) is 5.53 Å². The van der Waals surface area contributed by atoms with E-state index >= 15 is 0 Å². The van der Waals surface area contributed by atoms with Gasteiger partial charge in [-0.2, -0.15) is 0 Å². The first-order valence-electron chi connectivity index (χ1n) is 11.8. The molecule has 0 bridgehead atoms. The van der Waals surface area contributed by atoms with Gasteiger partial charge in [0.05, 0.1) is 29.9 Å². The van der Waals surface area contributed by atoms with Gasteiger partial charge >= 0.3 is 5.97 Å². The molecule has 1 aliphatic heterocycles. The number of fused-ring (bicyclic) bond motifs is 1. The van der Waals surface area contributed by atoms with Crippen LogP contribution in [0.2, 0.25) is 0 Å². The highest BCUT2D eigenvalue weighted by molar-refractivity contribution is 5.80. The van der Waals surface area contributed by atoms with Crippen LogP contribution in [0, 0.1) is 19.8 Å². The number of hydrogen-bond donors (Lipinski definition) is 2. The molecule has 6 heteroatoms. The Hall–Kier alpha value is -3.35. The number of anilines is 2. The average molecular weight is 460 g/mol. The van der Waals surface area contributed by atoms with E-state index in [1.54, 1.807) is 0 Å². The summed E-state index contributed by atoms with van der Waals surface area (Å²) in [4.78, 5) is 13.3. The minimum absolute atomic E-state index is 0.0522. The number of hydrazine groups is 2. The number of nitrogens with zero attached hydrogens (tertiary/aromatic N) is 2. The van der Waals surface area contributed by atoms with Gasteiger partial charge < -0.3 is 9.84 Å². The Balaban J connectivity index is 1.72.